The quantitative estimate of drug-likeness (QED) is 0.766. The number of hydrogen-bond acceptors (Lipinski definition) is 5. The summed E-state index contributed by atoms with van der Waals surface area (Å²) in [7, 11) is 0. The molecule has 2 atom stereocenters. The molecule has 0 spiro atoms. The van der Waals surface area contributed by atoms with E-state index in [9.17, 15) is 14.4 Å². The molecule has 1 aliphatic heterocycles. The van der Waals surface area contributed by atoms with Crippen molar-refractivity contribution in [2.75, 3.05) is 26.2 Å². The Morgan fingerprint density at radius 1 is 1.00 bits per heavy atom. The van der Waals surface area contributed by atoms with Crippen LogP contribution in [0.25, 0.3) is 0 Å². The molecule has 1 N–H and O–H groups in total. The van der Waals surface area contributed by atoms with E-state index in [0.29, 0.717) is 32.6 Å². The highest BCUT2D eigenvalue weighted by atomic mass is 16.6. The summed E-state index contributed by atoms with van der Waals surface area (Å²) in [4.78, 5) is 40.9. The smallest absolute Gasteiger partial charge is 0.410 e. The summed E-state index contributed by atoms with van der Waals surface area (Å²) in [5.74, 6) is -0.00161. The van der Waals surface area contributed by atoms with Crippen molar-refractivity contribution in [3.63, 3.8) is 0 Å². The minimum Gasteiger partial charge on any atom is -0.445 e. The van der Waals surface area contributed by atoms with Gasteiger partial charge in [0.2, 0.25) is 5.91 Å². The number of carbonyl (C=O) groups is 3. The van der Waals surface area contributed by atoms with Crippen LogP contribution in [0.3, 0.4) is 0 Å². The molecule has 1 aromatic rings. The van der Waals surface area contributed by atoms with Gasteiger partial charge in [0, 0.05) is 38.1 Å². The zero-order valence-electron chi connectivity index (χ0n) is 19.3. The molecule has 0 bridgehead atoms. The lowest BCUT2D eigenvalue weighted by Gasteiger charge is -2.37. The second-order valence-electron chi connectivity index (χ2n) is 9.56. The number of carbonyl (C=O) groups excluding carboxylic acids is 3. The van der Waals surface area contributed by atoms with Gasteiger partial charge in [-0.05, 0) is 45.6 Å². The Kier molecular flexibility index (Phi) is 7.99. The van der Waals surface area contributed by atoms with E-state index in [1.807, 2.05) is 56.0 Å². The number of rotatable bonds is 4. The van der Waals surface area contributed by atoms with Gasteiger partial charge in [-0.2, -0.15) is 0 Å². The van der Waals surface area contributed by atoms with Gasteiger partial charge in [0.1, 0.15) is 12.2 Å². The van der Waals surface area contributed by atoms with E-state index in [1.165, 1.54) is 0 Å². The van der Waals surface area contributed by atoms with Crippen LogP contribution in [0.2, 0.25) is 0 Å². The van der Waals surface area contributed by atoms with E-state index in [4.69, 9.17) is 9.47 Å². The molecule has 3 rings (SSSR count). The maximum absolute atomic E-state index is 13.0. The Morgan fingerprint density at radius 2 is 1.66 bits per heavy atom. The van der Waals surface area contributed by atoms with Crippen molar-refractivity contribution >= 4 is 18.1 Å². The second-order valence-corrected chi connectivity index (χ2v) is 9.56. The molecule has 1 aliphatic carbocycles. The fourth-order valence-electron chi connectivity index (χ4n) is 4.20. The molecule has 176 valence electrons. The minimum absolute atomic E-state index is 0.0539. The maximum Gasteiger partial charge on any atom is 0.410 e. The van der Waals surface area contributed by atoms with Gasteiger partial charge in [-0.25, -0.2) is 9.59 Å². The zero-order valence-corrected chi connectivity index (χ0v) is 19.3. The van der Waals surface area contributed by atoms with Crippen LogP contribution in [0.15, 0.2) is 30.3 Å². The van der Waals surface area contributed by atoms with Gasteiger partial charge in [0.25, 0.3) is 0 Å². The summed E-state index contributed by atoms with van der Waals surface area (Å²) >= 11 is 0. The maximum atomic E-state index is 13.0. The molecule has 1 saturated heterocycles. The van der Waals surface area contributed by atoms with Crippen molar-refractivity contribution in [1.82, 2.24) is 15.1 Å². The lowest BCUT2D eigenvalue weighted by Crippen LogP contribution is -2.53. The first kappa shape index (κ1) is 23.9. The monoisotopic (exact) mass is 445 g/mol. The zero-order chi connectivity index (χ0) is 23.1. The minimum atomic E-state index is -0.546. The summed E-state index contributed by atoms with van der Waals surface area (Å²) in [5.41, 5.74) is 0.400. The first-order chi connectivity index (χ1) is 15.2. The molecule has 2 aliphatic rings. The van der Waals surface area contributed by atoms with Crippen LogP contribution in [0, 0.1) is 5.92 Å². The van der Waals surface area contributed by atoms with Crippen LogP contribution in [0.4, 0.5) is 9.59 Å². The Bertz CT molecular complexity index is 785. The van der Waals surface area contributed by atoms with Gasteiger partial charge in [-0.1, -0.05) is 36.8 Å². The Morgan fingerprint density at radius 3 is 2.31 bits per heavy atom. The molecule has 8 nitrogen and oxygen atoms in total. The first-order valence-corrected chi connectivity index (χ1v) is 11.5. The van der Waals surface area contributed by atoms with Crippen molar-refractivity contribution in [2.45, 2.75) is 64.7 Å². The average Bonchev–Trinajstić information content (AvgIpc) is 2.76. The predicted molar refractivity (Wildman–Crippen MR) is 120 cm³/mol. The number of nitrogens with one attached hydrogen (secondary N) is 1. The van der Waals surface area contributed by atoms with Crippen LogP contribution in [0.1, 0.15) is 52.0 Å². The predicted octanol–water partition coefficient (Wildman–Crippen LogP) is 3.55. The second kappa shape index (κ2) is 10.7. The summed E-state index contributed by atoms with van der Waals surface area (Å²) < 4.78 is 10.7. The molecule has 1 heterocycles. The van der Waals surface area contributed by atoms with E-state index >= 15 is 0 Å². The third kappa shape index (κ3) is 7.14. The summed E-state index contributed by atoms with van der Waals surface area (Å²) in [6.45, 7) is 7.66. The Labute approximate surface area is 190 Å². The van der Waals surface area contributed by atoms with Gasteiger partial charge in [-0.15, -0.1) is 0 Å². The van der Waals surface area contributed by atoms with Crippen molar-refractivity contribution < 1.29 is 23.9 Å². The van der Waals surface area contributed by atoms with Gasteiger partial charge in [0.05, 0.1) is 0 Å². The van der Waals surface area contributed by atoms with Gasteiger partial charge < -0.3 is 24.6 Å². The molecule has 32 heavy (non-hydrogen) atoms. The van der Waals surface area contributed by atoms with Crippen LogP contribution >= 0.6 is 0 Å². The number of ether oxygens (including phenoxy) is 2. The third-order valence-electron chi connectivity index (χ3n) is 5.80. The topological polar surface area (TPSA) is 88.2 Å². The lowest BCUT2D eigenvalue weighted by molar-refractivity contribution is -0.138. The summed E-state index contributed by atoms with van der Waals surface area (Å²) in [5, 5.41) is 2.91. The fraction of sp³-hybridized carbons (Fsp3) is 0.625. The van der Waals surface area contributed by atoms with E-state index < -0.39 is 11.7 Å². The average molecular weight is 446 g/mol. The van der Waals surface area contributed by atoms with Gasteiger partial charge in [0.15, 0.2) is 0 Å². The Balaban J connectivity index is 1.42. The van der Waals surface area contributed by atoms with Crippen molar-refractivity contribution in [2.24, 2.45) is 5.92 Å². The molecule has 1 aromatic carbocycles. The SMILES string of the molecule is CC(C)(C)OC(=O)N[C@H]1CCC[C@@H](C(=O)N2CCN(C(=O)OCc3ccccc3)CC2)C1. The number of nitrogens with zero attached hydrogens (tertiary/aromatic N) is 2. The van der Waals surface area contributed by atoms with Crippen molar-refractivity contribution in [3.8, 4) is 0 Å². The van der Waals surface area contributed by atoms with E-state index in [2.05, 4.69) is 5.32 Å². The van der Waals surface area contributed by atoms with Crippen LogP contribution < -0.4 is 5.32 Å². The Hall–Kier alpha value is -2.77. The molecule has 0 aromatic heterocycles. The lowest BCUT2D eigenvalue weighted by atomic mass is 9.84. The van der Waals surface area contributed by atoms with E-state index in [-0.39, 0.29) is 30.6 Å². The highest BCUT2D eigenvalue weighted by Gasteiger charge is 2.33. The highest BCUT2D eigenvalue weighted by molar-refractivity contribution is 5.79. The number of hydrogen-bond donors (Lipinski definition) is 1. The van der Waals surface area contributed by atoms with Gasteiger partial charge in [-0.3, -0.25) is 4.79 Å². The third-order valence-corrected chi connectivity index (χ3v) is 5.80. The molecule has 1 saturated carbocycles. The fourth-order valence-corrected chi connectivity index (χ4v) is 4.20. The van der Waals surface area contributed by atoms with E-state index in [0.717, 1.165) is 24.8 Å². The molecule has 3 amide bonds. The van der Waals surface area contributed by atoms with Crippen molar-refractivity contribution in [3.05, 3.63) is 35.9 Å². The number of amides is 3. The number of alkyl carbamates (subject to hydrolysis) is 1. The van der Waals surface area contributed by atoms with Crippen LogP contribution in [-0.2, 0) is 20.9 Å². The molecule has 2 fully saturated rings. The van der Waals surface area contributed by atoms with E-state index in [1.54, 1.807) is 4.90 Å². The standard InChI is InChI=1S/C24H35N3O5/c1-24(2,3)32-22(29)25-20-11-7-10-19(16-20)21(28)26-12-14-27(15-13-26)23(30)31-17-18-8-5-4-6-9-18/h4-6,8-9,19-20H,7,10-17H2,1-3H3,(H,25,29)/t19-,20+/m1/s1. The van der Waals surface area contributed by atoms with Crippen LogP contribution in [-0.4, -0.2) is 65.7 Å². The first-order valence-electron chi connectivity index (χ1n) is 11.5. The molecule has 0 unspecified atom stereocenters. The molecule has 0 radical (unpaired) electrons. The largest absolute Gasteiger partial charge is 0.445 e. The van der Waals surface area contributed by atoms with Crippen molar-refractivity contribution in [1.29, 1.82) is 0 Å². The van der Waals surface area contributed by atoms with Gasteiger partial charge >= 0.3 is 12.2 Å². The number of benzene rings is 1. The summed E-state index contributed by atoms with van der Waals surface area (Å²) in [6, 6.07) is 9.52. The molecule has 8 heteroatoms. The normalized spacial score (nSPS) is 21.6. The summed E-state index contributed by atoms with van der Waals surface area (Å²) in [6.07, 6.45) is 2.41. The molecular weight excluding hydrogens is 410 g/mol. The number of piperazine rings is 1. The molecular formula is C24H35N3O5. The highest BCUT2D eigenvalue weighted by Crippen LogP contribution is 2.27. The van der Waals surface area contributed by atoms with Crippen LogP contribution in [0.5, 0.6) is 0 Å².